The van der Waals surface area contributed by atoms with Crippen LogP contribution in [0, 0.1) is 5.92 Å². The van der Waals surface area contributed by atoms with Crippen molar-refractivity contribution in [2.75, 3.05) is 19.6 Å². The largest absolute Gasteiger partial charge is 0.314 e. The van der Waals surface area contributed by atoms with Gasteiger partial charge >= 0.3 is 0 Å². The number of fused-ring (bicyclic) bond motifs is 1. The van der Waals surface area contributed by atoms with Crippen LogP contribution in [0.1, 0.15) is 56.7 Å². The fourth-order valence-corrected chi connectivity index (χ4v) is 4.09. The van der Waals surface area contributed by atoms with Crippen molar-refractivity contribution in [1.82, 2.24) is 10.2 Å². The molecule has 0 bridgehead atoms. The van der Waals surface area contributed by atoms with Crippen molar-refractivity contribution in [3.63, 3.8) is 0 Å². The van der Waals surface area contributed by atoms with Gasteiger partial charge in [-0.25, -0.2) is 0 Å². The van der Waals surface area contributed by atoms with Crippen LogP contribution >= 0.6 is 0 Å². The molecule has 0 amide bonds. The lowest BCUT2D eigenvalue weighted by molar-refractivity contribution is 0.132. The van der Waals surface area contributed by atoms with Crippen molar-refractivity contribution in [2.45, 2.75) is 58.0 Å². The number of benzene rings is 1. The van der Waals surface area contributed by atoms with Crippen molar-refractivity contribution in [3.05, 3.63) is 35.4 Å². The summed E-state index contributed by atoms with van der Waals surface area (Å²) in [5.74, 6) is 0.744. The Labute approximate surface area is 129 Å². The Morgan fingerprint density at radius 3 is 2.95 bits per heavy atom. The Morgan fingerprint density at radius 2 is 2.10 bits per heavy atom. The van der Waals surface area contributed by atoms with E-state index in [1.165, 1.54) is 51.7 Å². The lowest BCUT2D eigenvalue weighted by Crippen LogP contribution is -2.45. The van der Waals surface area contributed by atoms with E-state index in [1.54, 1.807) is 11.1 Å². The number of rotatable bonds is 2. The van der Waals surface area contributed by atoms with E-state index in [0.29, 0.717) is 12.1 Å². The van der Waals surface area contributed by atoms with E-state index in [1.807, 2.05) is 0 Å². The summed E-state index contributed by atoms with van der Waals surface area (Å²) in [5, 5.41) is 3.74. The molecule has 3 rings (SSSR count). The molecule has 0 spiro atoms. The maximum Gasteiger partial charge on any atom is 0.0351 e. The molecule has 116 valence electrons. The highest BCUT2D eigenvalue weighted by Gasteiger charge is 2.28. The third kappa shape index (κ3) is 3.49. The summed E-state index contributed by atoms with van der Waals surface area (Å²) in [6.45, 7) is 8.36. The summed E-state index contributed by atoms with van der Waals surface area (Å²) in [7, 11) is 0. The summed E-state index contributed by atoms with van der Waals surface area (Å²) in [4.78, 5) is 2.78. The van der Waals surface area contributed by atoms with Crippen molar-refractivity contribution in [1.29, 1.82) is 0 Å². The SMILES string of the molecule is CCC1CCN(C2CCCc3ccccc32)CC(C)CN1. The van der Waals surface area contributed by atoms with E-state index >= 15 is 0 Å². The van der Waals surface area contributed by atoms with Crippen LogP contribution in [0.25, 0.3) is 0 Å². The van der Waals surface area contributed by atoms with Crippen LogP contribution in [0.2, 0.25) is 0 Å². The van der Waals surface area contributed by atoms with E-state index in [9.17, 15) is 0 Å². The first-order valence-corrected chi connectivity index (χ1v) is 8.83. The van der Waals surface area contributed by atoms with Crippen LogP contribution < -0.4 is 5.32 Å². The van der Waals surface area contributed by atoms with Gasteiger partial charge in [0.15, 0.2) is 0 Å². The minimum absolute atomic E-state index is 0.660. The molecule has 0 aromatic heterocycles. The topological polar surface area (TPSA) is 15.3 Å². The van der Waals surface area contributed by atoms with Crippen LogP contribution in [0.15, 0.2) is 24.3 Å². The summed E-state index contributed by atoms with van der Waals surface area (Å²) < 4.78 is 0. The van der Waals surface area contributed by atoms with E-state index in [-0.39, 0.29) is 0 Å². The Balaban J connectivity index is 1.78. The predicted octanol–water partition coefficient (Wildman–Crippen LogP) is 3.77. The Hall–Kier alpha value is -0.860. The van der Waals surface area contributed by atoms with Gasteiger partial charge in [0.05, 0.1) is 0 Å². The number of hydrogen-bond acceptors (Lipinski definition) is 2. The average molecular weight is 286 g/mol. The van der Waals surface area contributed by atoms with Gasteiger partial charge in [0.2, 0.25) is 0 Å². The van der Waals surface area contributed by atoms with Gasteiger partial charge in [0, 0.05) is 25.2 Å². The summed E-state index contributed by atoms with van der Waals surface area (Å²) >= 11 is 0. The van der Waals surface area contributed by atoms with Gasteiger partial charge in [-0.3, -0.25) is 4.90 Å². The van der Waals surface area contributed by atoms with E-state index in [2.05, 4.69) is 48.3 Å². The second kappa shape index (κ2) is 6.93. The third-order valence-electron chi connectivity index (χ3n) is 5.34. The van der Waals surface area contributed by atoms with Crippen molar-refractivity contribution in [3.8, 4) is 0 Å². The number of nitrogens with one attached hydrogen (secondary N) is 1. The molecule has 1 fully saturated rings. The highest BCUT2D eigenvalue weighted by Crippen LogP contribution is 2.35. The summed E-state index contributed by atoms with van der Waals surface area (Å²) in [6, 6.07) is 10.5. The monoisotopic (exact) mass is 286 g/mol. The summed E-state index contributed by atoms with van der Waals surface area (Å²) in [5.41, 5.74) is 3.20. The minimum atomic E-state index is 0.660. The maximum absolute atomic E-state index is 3.74. The van der Waals surface area contributed by atoms with E-state index in [4.69, 9.17) is 0 Å². The van der Waals surface area contributed by atoms with Crippen molar-refractivity contribution >= 4 is 0 Å². The second-order valence-electron chi connectivity index (χ2n) is 7.01. The molecule has 1 aliphatic carbocycles. The van der Waals surface area contributed by atoms with E-state index in [0.717, 1.165) is 5.92 Å². The first kappa shape index (κ1) is 15.1. The fraction of sp³-hybridized carbons (Fsp3) is 0.684. The lowest BCUT2D eigenvalue weighted by atomic mass is 9.86. The third-order valence-corrected chi connectivity index (χ3v) is 5.34. The Morgan fingerprint density at radius 1 is 1.24 bits per heavy atom. The summed E-state index contributed by atoms with van der Waals surface area (Å²) in [6.07, 6.45) is 6.51. The molecule has 2 heteroatoms. The smallest absolute Gasteiger partial charge is 0.0351 e. The van der Waals surface area contributed by atoms with Crippen molar-refractivity contribution < 1.29 is 0 Å². The van der Waals surface area contributed by atoms with Crippen LogP contribution in [-0.2, 0) is 6.42 Å². The lowest BCUT2D eigenvalue weighted by Gasteiger charge is -2.40. The normalized spacial score (nSPS) is 31.2. The molecule has 3 unspecified atom stereocenters. The zero-order chi connectivity index (χ0) is 14.7. The maximum atomic E-state index is 3.74. The number of hydrogen-bond donors (Lipinski definition) is 1. The highest BCUT2D eigenvalue weighted by molar-refractivity contribution is 5.32. The zero-order valence-electron chi connectivity index (χ0n) is 13.6. The highest BCUT2D eigenvalue weighted by atomic mass is 15.2. The van der Waals surface area contributed by atoms with Crippen molar-refractivity contribution in [2.24, 2.45) is 5.92 Å². The molecule has 1 aliphatic heterocycles. The fourth-order valence-electron chi connectivity index (χ4n) is 4.09. The molecular weight excluding hydrogens is 256 g/mol. The molecule has 2 nitrogen and oxygen atoms in total. The first-order chi connectivity index (χ1) is 10.3. The molecule has 1 saturated heterocycles. The molecule has 1 heterocycles. The molecule has 2 aliphatic rings. The average Bonchev–Trinajstić information content (AvgIpc) is 2.51. The van der Waals surface area contributed by atoms with Gasteiger partial charge in [0.25, 0.3) is 0 Å². The number of nitrogens with zero attached hydrogens (tertiary/aromatic N) is 1. The quantitative estimate of drug-likeness (QED) is 0.890. The Bertz CT molecular complexity index is 457. The molecule has 0 saturated carbocycles. The molecule has 1 aromatic rings. The first-order valence-electron chi connectivity index (χ1n) is 8.83. The van der Waals surface area contributed by atoms with Gasteiger partial charge < -0.3 is 5.32 Å². The zero-order valence-corrected chi connectivity index (χ0v) is 13.6. The number of aryl methyl sites for hydroxylation is 1. The van der Waals surface area contributed by atoms with Crippen LogP contribution in [0.3, 0.4) is 0 Å². The van der Waals surface area contributed by atoms with Gasteiger partial charge in [-0.05, 0) is 55.7 Å². The van der Waals surface area contributed by atoms with Gasteiger partial charge in [0.1, 0.15) is 0 Å². The minimum Gasteiger partial charge on any atom is -0.314 e. The molecular formula is C19H30N2. The molecule has 3 atom stereocenters. The predicted molar refractivity (Wildman–Crippen MR) is 89.6 cm³/mol. The van der Waals surface area contributed by atoms with Crippen LogP contribution in [-0.4, -0.2) is 30.6 Å². The van der Waals surface area contributed by atoms with E-state index < -0.39 is 0 Å². The standard InChI is InChI=1S/C19H30N2/c1-3-17-11-12-21(14-15(2)13-20-17)19-10-6-8-16-7-4-5-9-18(16)19/h4-5,7,9,15,17,19-20H,3,6,8,10-14H2,1-2H3. The van der Waals surface area contributed by atoms with Crippen LogP contribution in [0.4, 0.5) is 0 Å². The van der Waals surface area contributed by atoms with Gasteiger partial charge in [-0.2, -0.15) is 0 Å². The molecule has 0 radical (unpaired) electrons. The van der Waals surface area contributed by atoms with Gasteiger partial charge in [-0.1, -0.05) is 38.1 Å². The molecule has 21 heavy (non-hydrogen) atoms. The molecule has 1 N–H and O–H groups in total. The molecule has 1 aromatic carbocycles. The van der Waals surface area contributed by atoms with Gasteiger partial charge in [-0.15, -0.1) is 0 Å². The second-order valence-corrected chi connectivity index (χ2v) is 7.01. The van der Waals surface area contributed by atoms with Crippen LogP contribution in [0.5, 0.6) is 0 Å². The Kier molecular flexibility index (Phi) is 4.97.